The number of piperidine rings is 1. The summed E-state index contributed by atoms with van der Waals surface area (Å²) in [6.07, 6.45) is 1.89. The SMILES string of the molecule is CCOC(=O)CN=C1OCC(c2ccccc2)N1C1CCN(Cc2ccc(Oc3ccc(C(=O)OC(C)(C)C)cc3)nc2C)CC1. The minimum absolute atomic E-state index is 0.0474. The molecule has 1 atom stereocenters. The van der Waals surface area contributed by atoms with Crippen molar-refractivity contribution in [2.24, 2.45) is 4.99 Å². The highest BCUT2D eigenvalue weighted by atomic mass is 16.6. The summed E-state index contributed by atoms with van der Waals surface area (Å²) in [6.45, 7) is 12.7. The first-order valence-corrected chi connectivity index (χ1v) is 16.0. The van der Waals surface area contributed by atoms with Gasteiger partial charge in [-0.05, 0) is 82.9 Å². The van der Waals surface area contributed by atoms with Crippen molar-refractivity contribution in [3.63, 3.8) is 0 Å². The molecule has 0 amide bonds. The van der Waals surface area contributed by atoms with Gasteiger partial charge in [0.2, 0.25) is 5.88 Å². The number of likely N-dealkylation sites (tertiary alicyclic amines) is 1. The molecular formula is C36H44N4O6. The number of pyridine rings is 1. The van der Waals surface area contributed by atoms with E-state index in [2.05, 4.69) is 33.0 Å². The number of hydrogen-bond acceptors (Lipinski definition) is 9. The van der Waals surface area contributed by atoms with Crippen LogP contribution in [0.1, 0.15) is 73.8 Å². The van der Waals surface area contributed by atoms with Gasteiger partial charge in [-0.3, -0.25) is 9.69 Å². The maximum absolute atomic E-state index is 12.3. The highest BCUT2D eigenvalue weighted by Crippen LogP contribution is 2.34. The average molecular weight is 629 g/mol. The molecule has 3 aromatic rings. The number of benzene rings is 2. The molecule has 244 valence electrons. The fourth-order valence-corrected chi connectivity index (χ4v) is 5.75. The number of aliphatic imine (C=N–C) groups is 1. The summed E-state index contributed by atoms with van der Waals surface area (Å²) in [4.78, 5) is 38.3. The first-order chi connectivity index (χ1) is 22.1. The van der Waals surface area contributed by atoms with Crippen molar-refractivity contribution in [1.29, 1.82) is 0 Å². The van der Waals surface area contributed by atoms with Crippen LogP contribution in [0.3, 0.4) is 0 Å². The monoisotopic (exact) mass is 628 g/mol. The van der Waals surface area contributed by atoms with Crippen molar-refractivity contribution < 1.29 is 28.5 Å². The van der Waals surface area contributed by atoms with E-state index in [0.29, 0.717) is 36.4 Å². The standard InChI is InChI=1S/C36H44N4O6/c1-6-43-33(41)22-37-35-40(31(24-44-35)26-10-8-7-9-11-26)29-18-20-39(21-19-29)23-28-14-17-32(38-25(28)2)45-30-15-12-27(13-16-30)34(42)46-36(3,4)5/h7-17,29,31H,6,18-24H2,1-5H3. The number of amidine groups is 1. The molecule has 10 nitrogen and oxygen atoms in total. The zero-order valence-corrected chi connectivity index (χ0v) is 27.4. The summed E-state index contributed by atoms with van der Waals surface area (Å²) in [7, 11) is 0. The molecular weight excluding hydrogens is 584 g/mol. The topological polar surface area (TPSA) is 103 Å². The lowest BCUT2D eigenvalue weighted by Crippen LogP contribution is -2.46. The van der Waals surface area contributed by atoms with Crippen LogP contribution < -0.4 is 4.74 Å². The van der Waals surface area contributed by atoms with Gasteiger partial charge in [0.15, 0.2) is 0 Å². The minimum atomic E-state index is -0.551. The van der Waals surface area contributed by atoms with E-state index < -0.39 is 5.60 Å². The maximum Gasteiger partial charge on any atom is 0.338 e. The quantitative estimate of drug-likeness (QED) is 0.247. The summed E-state index contributed by atoms with van der Waals surface area (Å²) in [5.74, 6) is 0.376. The van der Waals surface area contributed by atoms with Gasteiger partial charge in [-0.25, -0.2) is 14.8 Å². The Morgan fingerprint density at radius 1 is 1.00 bits per heavy atom. The van der Waals surface area contributed by atoms with E-state index in [0.717, 1.165) is 43.7 Å². The Hall–Kier alpha value is -4.44. The molecule has 0 aliphatic carbocycles. The lowest BCUT2D eigenvalue weighted by atomic mass is 9.98. The van der Waals surface area contributed by atoms with Gasteiger partial charge < -0.3 is 23.8 Å². The molecule has 46 heavy (non-hydrogen) atoms. The zero-order chi connectivity index (χ0) is 32.7. The number of carbonyl (C=O) groups excluding carboxylic acids is 2. The number of nitrogens with zero attached hydrogens (tertiary/aromatic N) is 4. The van der Waals surface area contributed by atoms with E-state index in [9.17, 15) is 9.59 Å². The Morgan fingerprint density at radius 2 is 1.72 bits per heavy atom. The van der Waals surface area contributed by atoms with Crippen LogP contribution in [-0.2, 0) is 25.5 Å². The van der Waals surface area contributed by atoms with Crippen LogP contribution in [-0.4, -0.2) is 77.2 Å². The Bertz CT molecular complexity index is 1510. The normalized spacial score (nSPS) is 18.3. The van der Waals surface area contributed by atoms with Gasteiger partial charge in [0.05, 0.1) is 18.2 Å². The largest absolute Gasteiger partial charge is 0.465 e. The molecule has 1 unspecified atom stereocenters. The fourth-order valence-electron chi connectivity index (χ4n) is 5.75. The first kappa shape index (κ1) is 32.9. The van der Waals surface area contributed by atoms with E-state index in [-0.39, 0.29) is 30.6 Å². The Kier molecular flexibility index (Phi) is 10.6. The number of hydrogen-bond donors (Lipinski definition) is 0. The van der Waals surface area contributed by atoms with Crippen molar-refractivity contribution in [2.75, 3.05) is 32.8 Å². The van der Waals surface area contributed by atoms with Gasteiger partial charge in [0.1, 0.15) is 24.5 Å². The third-order valence-corrected chi connectivity index (χ3v) is 7.99. The van der Waals surface area contributed by atoms with E-state index in [4.69, 9.17) is 23.9 Å². The zero-order valence-electron chi connectivity index (χ0n) is 27.4. The predicted molar refractivity (Wildman–Crippen MR) is 175 cm³/mol. The molecule has 5 rings (SSSR count). The van der Waals surface area contributed by atoms with Crippen LogP contribution in [0.2, 0.25) is 0 Å². The van der Waals surface area contributed by atoms with Gasteiger partial charge in [-0.15, -0.1) is 0 Å². The van der Waals surface area contributed by atoms with E-state index in [1.54, 1.807) is 31.2 Å². The third kappa shape index (κ3) is 8.63. The number of aromatic nitrogens is 1. The van der Waals surface area contributed by atoms with Crippen LogP contribution in [0.4, 0.5) is 0 Å². The van der Waals surface area contributed by atoms with Crippen molar-refractivity contribution in [2.45, 2.75) is 71.7 Å². The molecule has 0 radical (unpaired) electrons. The minimum Gasteiger partial charge on any atom is -0.465 e. The Balaban J connectivity index is 1.18. The van der Waals surface area contributed by atoms with E-state index in [1.807, 2.05) is 52.0 Å². The van der Waals surface area contributed by atoms with Gasteiger partial charge in [-0.1, -0.05) is 36.4 Å². The number of carbonyl (C=O) groups is 2. The molecule has 10 heteroatoms. The second-order valence-corrected chi connectivity index (χ2v) is 12.6. The fraction of sp³-hybridized carbons (Fsp3) is 0.444. The first-order valence-electron chi connectivity index (χ1n) is 16.0. The lowest BCUT2D eigenvalue weighted by Gasteiger charge is -2.39. The molecule has 2 aliphatic heterocycles. The molecule has 2 aromatic carbocycles. The molecule has 0 saturated carbocycles. The van der Waals surface area contributed by atoms with Crippen LogP contribution in [0.15, 0.2) is 71.7 Å². The van der Waals surface area contributed by atoms with E-state index >= 15 is 0 Å². The number of rotatable bonds is 10. The van der Waals surface area contributed by atoms with Gasteiger partial charge in [-0.2, -0.15) is 0 Å². The van der Waals surface area contributed by atoms with Gasteiger partial charge >= 0.3 is 11.9 Å². The average Bonchev–Trinajstić information content (AvgIpc) is 3.46. The van der Waals surface area contributed by atoms with Crippen LogP contribution in [0.5, 0.6) is 11.6 Å². The summed E-state index contributed by atoms with van der Waals surface area (Å²) in [6, 6.07) is 22.0. The second-order valence-electron chi connectivity index (χ2n) is 12.6. The molecule has 2 fully saturated rings. The molecule has 1 aromatic heterocycles. The summed E-state index contributed by atoms with van der Waals surface area (Å²) in [5, 5.41) is 0. The Morgan fingerprint density at radius 3 is 2.37 bits per heavy atom. The Labute approximate surface area is 271 Å². The summed E-state index contributed by atoms with van der Waals surface area (Å²) >= 11 is 0. The lowest BCUT2D eigenvalue weighted by molar-refractivity contribution is -0.141. The van der Waals surface area contributed by atoms with Crippen molar-refractivity contribution >= 4 is 18.0 Å². The highest BCUT2D eigenvalue weighted by Gasteiger charge is 2.39. The summed E-state index contributed by atoms with van der Waals surface area (Å²) in [5.41, 5.74) is 3.16. The molecule has 2 aliphatic rings. The predicted octanol–water partition coefficient (Wildman–Crippen LogP) is 6.09. The molecule has 2 saturated heterocycles. The maximum atomic E-state index is 12.3. The van der Waals surface area contributed by atoms with Crippen LogP contribution in [0.25, 0.3) is 0 Å². The van der Waals surface area contributed by atoms with Crippen molar-refractivity contribution in [3.05, 3.63) is 89.1 Å². The van der Waals surface area contributed by atoms with Gasteiger partial charge in [0, 0.05) is 37.4 Å². The number of ether oxygens (including phenoxy) is 4. The molecule has 0 spiro atoms. The van der Waals surface area contributed by atoms with Gasteiger partial charge in [0.25, 0.3) is 6.02 Å². The van der Waals surface area contributed by atoms with E-state index in [1.165, 1.54) is 5.56 Å². The van der Waals surface area contributed by atoms with Crippen molar-refractivity contribution in [1.82, 2.24) is 14.8 Å². The van der Waals surface area contributed by atoms with Crippen molar-refractivity contribution in [3.8, 4) is 11.6 Å². The number of aryl methyl sites for hydroxylation is 1. The third-order valence-electron chi connectivity index (χ3n) is 7.99. The molecule has 0 N–H and O–H groups in total. The van der Waals surface area contributed by atoms with Crippen LogP contribution in [0, 0.1) is 6.92 Å². The smallest absolute Gasteiger partial charge is 0.338 e. The number of esters is 2. The second kappa shape index (κ2) is 14.8. The highest BCUT2D eigenvalue weighted by molar-refractivity contribution is 5.89. The molecule has 3 heterocycles. The summed E-state index contributed by atoms with van der Waals surface area (Å²) < 4.78 is 22.5. The van der Waals surface area contributed by atoms with Crippen LogP contribution >= 0.6 is 0 Å². The molecule has 0 bridgehead atoms.